The van der Waals surface area contributed by atoms with Gasteiger partial charge in [0.25, 0.3) is 0 Å². The number of carbonyl (C=O) groups excluding carboxylic acids is 8. The molecule has 0 spiro atoms. The minimum absolute atomic E-state index is 0.00623. The highest BCUT2D eigenvalue weighted by molar-refractivity contribution is 6.32. The number of hydrogen-bond donors (Lipinski definition) is 4. The van der Waals surface area contributed by atoms with Crippen LogP contribution in [0, 0.1) is 29.5 Å². The van der Waals surface area contributed by atoms with E-state index in [0.717, 1.165) is 17.0 Å². The quantitative estimate of drug-likeness (QED) is 0.106. The fourth-order valence-electron chi connectivity index (χ4n) is 7.99. The molecule has 2 fully saturated rings. The summed E-state index contributed by atoms with van der Waals surface area (Å²) in [7, 11) is 6.26. The van der Waals surface area contributed by atoms with Gasteiger partial charge >= 0.3 is 12.1 Å². The minimum Gasteiger partial charge on any atom is -0.505 e. The standard InChI is InChI=1S/C39H46FN5O13/c1-38(2,3)45(37(54)58-17-57-26(47)16-56-20-10-8-19(40)9-11-20)15-25(46)42-23-14-24(43(4)5)21-12-18-13-22-30(44(6)7)33(50)29(36(41)53)35(52)39(22,55)34(51)27(18)32(49)28(21)31(23)48/h8-11,14,18,22,27,29-30,48,55H,12-13,15-17H2,1-7H3,(H2,41,53)(H,42,46)/t18-,22-,27?,29?,30-,39-/m0/s1. The van der Waals surface area contributed by atoms with E-state index in [1.54, 1.807) is 39.8 Å². The predicted octanol–water partition coefficient (Wildman–Crippen LogP) is 0.827. The van der Waals surface area contributed by atoms with Gasteiger partial charge in [0.15, 0.2) is 41.3 Å². The molecule has 0 aromatic heterocycles. The highest BCUT2D eigenvalue weighted by Gasteiger charge is 2.69. The van der Waals surface area contributed by atoms with Crippen LogP contribution < -0.4 is 20.7 Å². The van der Waals surface area contributed by atoms with Gasteiger partial charge in [-0.15, -0.1) is 0 Å². The first-order valence-electron chi connectivity index (χ1n) is 18.2. The Hall–Kier alpha value is -5.95. The zero-order chi connectivity index (χ0) is 43.2. The van der Waals surface area contributed by atoms with Crippen LogP contribution in [0.25, 0.3) is 0 Å². The third kappa shape index (κ3) is 7.95. The number of rotatable bonds is 11. The summed E-state index contributed by atoms with van der Waals surface area (Å²) in [4.78, 5) is 111. The Bertz CT molecular complexity index is 2060. The van der Waals surface area contributed by atoms with E-state index in [1.165, 1.54) is 37.2 Å². The number of phenols is 1. The lowest BCUT2D eigenvalue weighted by atomic mass is 9.52. The van der Waals surface area contributed by atoms with E-state index >= 15 is 0 Å². The Morgan fingerprint density at radius 1 is 1.00 bits per heavy atom. The number of aliphatic hydroxyl groups is 1. The maximum atomic E-state index is 14.4. The smallest absolute Gasteiger partial charge is 0.413 e. The number of ketones is 4. The number of nitrogens with zero attached hydrogens (tertiary/aromatic N) is 3. The molecule has 2 aromatic rings. The number of likely N-dealkylation sites (N-methyl/N-ethyl adjacent to an activating group) is 1. The first-order chi connectivity index (χ1) is 27.0. The van der Waals surface area contributed by atoms with Gasteiger partial charge in [-0.25, -0.2) is 14.0 Å². The summed E-state index contributed by atoms with van der Waals surface area (Å²) in [5, 5.41) is 25.9. The minimum atomic E-state index is -2.91. The molecule has 2 unspecified atom stereocenters. The summed E-state index contributed by atoms with van der Waals surface area (Å²) in [6.45, 7) is 2.73. The number of aromatic hydroxyl groups is 1. The number of benzene rings is 2. The molecule has 5 N–H and O–H groups in total. The molecule has 2 saturated carbocycles. The molecule has 312 valence electrons. The molecule has 18 nitrogen and oxygen atoms in total. The van der Waals surface area contributed by atoms with Crippen molar-refractivity contribution in [1.29, 1.82) is 0 Å². The van der Waals surface area contributed by atoms with Crippen LogP contribution in [0.3, 0.4) is 0 Å². The van der Waals surface area contributed by atoms with Crippen molar-refractivity contribution in [2.24, 2.45) is 29.4 Å². The van der Waals surface area contributed by atoms with Crippen LogP contribution in [0.4, 0.5) is 20.6 Å². The van der Waals surface area contributed by atoms with Gasteiger partial charge in [-0.1, -0.05) is 0 Å². The molecule has 2 aromatic carbocycles. The molecule has 3 aliphatic carbocycles. The van der Waals surface area contributed by atoms with E-state index in [-0.39, 0.29) is 29.8 Å². The van der Waals surface area contributed by atoms with E-state index in [2.05, 4.69) is 5.32 Å². The Morgan fingerprint density at radius 2 is 1.64 bits per heavy atom. The Kier molecular flexibility index (Phi) is 12.0. The van der Waals surface area contributed by atoms with Crippen molar-refractivity contribution in [1.82, 2.24) is 9.80 Å². The average Bonchev–Trinajstić information content (AvgIpc) is 3.12. The van der Waals surface area contributed by atoms with Crippen LogP contribution in [0.2, 0.25) is 0 Å². The number of Topliss-reactive ketones (excluding diaryl/α,β-unsaturated/α-hetero) is 4. The largest absolute Gasteiger partial charge is 0.505 e. The highest BCUT2D eigenvalue weighted by Crippen LogP contribution is 2.52. The molecule has 6 atom stereocenters. The summed E-state index contributed by atoms with van der Waals surface area (Å²) in [6.07, 6.45) is -1.20. The lowest BCUT2D eigenvalue weighted by Crippen LogP contribution is -2.74. The fourth-order valence-corrected chi connectivity index (χ4v) is 7.99. The fraction of sp³-hybridized carbons (Fsp3) is 0.487. The summed E-state index contributed by atoms with van der Waals surface area (Å²) in [5.74, 6) is -14.4. The van der Waals surface area contributed by atoms with Crippen molar-refractivity contribution in [2.45, 2.75) is 50.8 Å². The third-order valence-corrected chi connectivity index (χ3v) is 10.7. The number of esters is 1. The predicted molar refractivity (Wildman–Crippen MR) is 200 cm³/mol. The van der Waals surface area contributed by atoms with Gasteiger partial charge in [0.05, 0.1) is 23.2 Å². The number of ether oxygens (including phenoxy) is 3. The molecule has 19 heteroatoms. The Labute approximate surface area is 332 Å². The number of anilines is 2. The Morgan fingerprint density at radius 3 is 2.21 bits per heavy atom. The van der Waals surface area contributed by atoms with Gasteiger partial charge in [0.2, 0.25) is 18.6 Å². The van der Waals surface area contributed by atoms with Gasteiger partial charge < -0.3 is 40.4 Å². The number of halogens is 1. The maximum absolute atomic E-state index is 14.4. The Balaban J connectivity index is 1.36. The normalized spacial score (nSPS) is 23.9. The molecule has 5 rings (SSSR count). The summed E-state index contributed by atoms with van der Waals surface area (Å²) in [6, 6.07) is 5.03. The molecular formula is C39H46FN5O13. The van der Waals surface area contributed by atoms with Crippen molar-refractivity contribution in [3.05, 3.63) is 47.3 Å². The first kappa shape index (κ1) is 43.2. The number of fused-ring (bicyclic) bond motifs is 3. The van der Waals surface area contributed by atoms with Gasteiger partial charge in [0, 0.05) is 31.2 Å². The van der Waals surface area contributed by atoms with Crippen LogP contribution in [0.15, 0.2) is 30.3 Å². The topological polar surface area (TPSA) is 252 Å². The van der Waals surface area contributed by atoms with Gasteiger partial charge in [-0.05, 0) is 89.5 Å². The second-order valence-corrected chi connectivity index (χ2v) is 15.9. The number of carbonyl (C=O) groups is 8. The maximum Gasteiger partial charge on any atom is 0.413 e. The molecular weight excluding hydrogens is 765 g/mol. The molecule has 0 saturated heterocycles. The monoisotopic (exact) mass is 811 g/mol. The summed E-state index contributed by atoms with van der Waals surface area (Å²) >= 11 is 0. The van der Waals surface area contributed by atoms with Crippen molar-refractivity contribution in [3.63, 3.8) is 0 Å². The molecule has 0 aliphatic heterocycles. The first-order valence-corrected chi connectivity index (χ1v) is 18.2. The van der Waals surface area contributed by atoms with E-state index in [4.69, 9.17) is 19.9 Å². The molecule has 0 bridgehead atoms. The van der Waals surface area contributed by atoms with Crippen LogP contribution in [-0.2, 0) is 44.7 Å². The zero-order valence-corrected chi connectivity index (χ0v) is 33.0. The number of hydrogen-bond acceptors (Lipinski definition) is 15. The van der Waals surface area contributed by atoms with Crippen molar-refractivity contribution in [3.8, 4) is 11.5 Å². The lowest BCUT2D eigenvalue weighted by molar-refractivity contribution is -0.181. The number of phenolic OH excluding ortho intramolecular Hbond substituents is 1. The number of primary amides is 1. The second-order valence-electron chi connectivity index (χ2n) is 15.9. The molecule has 0 radical (unpaired) electrons. The van der Waals surface area contributed by atoms with E-state index in [1.807, 2.05) is 0 Å². The van der Waals surface area contributed by atoms with E-state index in [9.17, 15) is 53.0 Å². The van der Waals surface area contributed by atoms with Crippen LogP contribution >= 0.6 is 0 Å². The van der Waals surface area contributed by atoms with Crippen molar-refractivity contribution < 1.29 is 67.2 Å². The van der Waals surface area contributed by atoms with Crippen molar-refractivity contribution >= 4 is 58.4 Å². The summed E-state index contributed by atoms with van der Waals surface area (Å²) < 4.78 is 28.3. The molecule has 3 amide bonds. The van der Waals surface area contributed by atoms with Crippen LogP contribution in [-0.4, -0.2) is 132 Å². The number of nitrogens with two attached hydrogens (primary N) is 1. The SMILES string of the molecule is CN(C)c1cc(NC(=O)CN(C(=O)OCOC(=O)COc2ccc(F)cc2)C(C)(C)C)c(O)c2c1C[C@H]1C[C@H]3[C@H](N(C)C)C(=O)C(C(N)=O)C(=O)[C@@]3(O)C(=O)C1C2=O. The lowest BCUT2D eigenvalue weighted by Gasteiger charge is -2.52. The molecule has 0 heterocycles. The van der Waals surface area contributed by atoms with E-state index in [0.29, 0.717) is 11.3 Å². The van der Waals surface area contributed by atoms with Gasteiger partial charge in [-0.2, -0.15) is 0 Å². The van der Waals surface area contributed by atoms with Crippen LogP contribution in [0.5, 0.6) is 11.5 Å². The summed E-state index contributed by atoms with van der Waals surface area (Å²) in [5.41, 5.74) is 1.51. The average molecular weight is 812 g/mol. The molecule has 3 aliphatic rings. The van der Waals surface area contributed by atoms with E-state index < -0.39 is 119 Å². The molecule has 58 heavy (non-hydrogen) atoms. The van der Waals surface area contributed by atoms with Gasteiger partial charge in [-0.3, -0.25) is 38.6 Å². The number of amides is 3. The van der Waals surface area contributed by atoms with Crippen molar-refractivity contribution in [2.75, 3.05) is 58.4 Å². The highest BCUT2D eigenvalue weighted by atomic mass is 19.1. The van der Waals surface area contributed by atoms with Gasteiger partial charge in [0.1, 0.15) is 23.9 Å². The van der Waals surface area contributed by atoms with Crippen LogP contribution in [0.1, 0.15) is 43.1 Å². The number of nitrogens with one attached hydrogen (secondary N) is 1. The second kappa shape index (κ2) is 16.1. The third-order valence-electron chi connectivity index (χ3n) is 10.7. The zero-order valence-electron chi connectivity index (χ0n) is 33.0.